The van der Waals surface area contributed by atoms with E-state index in [0.717, 1.165) is 54.4 Å². The molecule has 3 N–H and O–H groups in total. The van der Waals surface area contributed by atoms with E-state index in [9.17, 15) is 18.3 Å². The number of hydrogen-bond acceptors (Lipinski definition) is 10. The number of anilines is 2. The van der Waals surface area contributed by atoms with Crippen molar-refractivity contribution in [3.63, 3.8) is 0 Å². The van der Waals surface area contributed by atoms with Crippen LogP contribution in [0.1, 0.15) is 47.1 Å². The van der Waals surface area contributed by atoms with E-state index in [1.165, 1.54) is 12.1 Å². The molecule has 0 bridgehead atoms. The number of aliphatic hydroxyl groups excluding tert-OH is 1. The van der Waals surface area contributed by atoms with Crippen LogP contribution in [0.4, 0.5) is 11.6 Å². The molecule has 292 valence electrons. The summed E-state index contributed by atoms with van der Waals surface area (Å²) in [6.07, 6.45) is 2.41. The Morgan fingerprint density at radius 3 is 2.25 bits per heavy atom. The third-order valence-electron chi connectivity index (χ3n) is 10.4. The molecular weight excluding hydrogens is 729 g/mol. The average molecular weight is 777 g/mol. The molecule has 1 amide bonds. The largest absolute Gasteiger partial charge is 0.392 e. The standard InChI is InChI=1S/C43H48N6O6S/c1-30-12-18-37(19-13-30)56(52,53)47-38(26-32-8-4-3-5-9-32)41(51)46-36-11-6-10-35(27-36)42-54-39(31(2)40(55-42)34-16-14-33(29-50)15-17-34)28-48-22-24-49(25-23-48)43-44-20-7-21-45-43/h3-21,27,31,38-40,42,47,50H,22-26,28-29H2,1-2H3,(H,46,51)/t31-,38+,39+,40+,42+/m0/s1. The van der Waals surface area contributed by atoms with Crippen molar-refractivity contribution < 1.29 is 27.8 Å². The molecule has 1 aromatic heterocycles. The van der Waals surface area contributed by atoms with Crippen molar-refractivity contribution in [1.82, 2.24) is 19.6 Å². The first-order valence-electron chi connectivity index (χ1n) is 18.9. The van der Waals surface area contributed by atoms with Gasteiger partial charge in [0.1, 0.15) is 6.04 Å². The number of aliphatic hydroxyl groups is 1. The predicted octanol–water partition coefficient (Wildman–Crippen LogP) is 5.42. The van der Waals surface area contributed by atoms with E-state index in [1.807, 2.05) is 85.8 Å². The summed E-state index contributed by atoms with van der Waals surface area (Å²) < 4.78 is 43.1. The zero-order chi connectivity index (χ0) is 39.1. The van der Waals surface area contributed by atoms with Gasteiger partial charge >= 0.3 is 0 Å². The minimum Gasteiger partial charge on any atom is -0.392 e. The highest BCUT2D eigenvalue weighted by molar-refractivity contribution is 7.89. The molecule has 12 nitrogen and oxygen atoms in total. The fourth-order valence-electron chi connectivity index (χ4n) is 7.17. The first-order valence-corrected chi connectivity index (χ1v) is 20.4. The van der Waals surface area contributed by atoms with E-state index in [2.05, 4.69) is 36.7 Å². The molecule has 0 unspecified atom stereocenters. The fourth-order valence-corrected chi connectivity index (χ4v) is 8.37. The summed E-state index contributed by atoms with van der Waals surface area (Å²) in [6, 6.07) is 31.6. The number of carbonyl (C=O) groups excluding carboxylic acids is 1. The maximum absolute atomic E-state index is 14.0. The number of sulfonamides is 1. The number of aromatic nitrogens is 2. The molecule has 5 atom stereocenters. The highest BCUT2D eigenvalue weighted by atomic mass is 32.2. The lowest BCUT2D eigenvalue weighted by molar-refractivity contribution is -0.276. The minimum atomic E-state index is -4.01. The zero-order valence-electron chi connectivity index (χ0n) is 31.6. The van der Waals surface area contributed by atoms with Gasteiger partial charge in [0.15, 0.2) is 6.29 Å². The highest BCUT2D eigenvalue weighted by Crippen LogP contribution is 2.42. The van der Waals surface area contributed by atoms with Gasteiger partial charge in [-0.05, 0) is 60.4 Å². The Labute approximate surface area is 328 Å². The summed E-state index contributed by atoms with van der Waals surface area (Å²) in [5.41, 5.74) is 4.72. The molecule has 2 fully saturated rings. The van der Waals surface area contributed by atoms with E-state index >= 15 is 0 Å². The Morgan fingerprint density at radius 1 is 0.839 bits per heavy atom. The lowest BCUT2D eigenvalue weighted by Crippen LogP contribution is -2.51. The second kappa shape index (κ2) is 17.8. The summed E-state index contributed by atoms with van der Waals surface area (Å²) in [5, 5.41) is 12.6. The van der Waals surface area contributed by atoms with Gasteiger partial charge in [-0.15, -0.1) is 0 Å². The highest BCUT2D eigenvalue weighted by Gasteiger charge is 2.40. The monoisotopic (exact) mass is 776 g/mol. The van der Waals surface area contributed by atoms with E-state index in [1.54, 1.807) is 30.6 Å². The van der Waals surface area contributed by atoms with Crippen LogP contribution in [0.25, 0.3) is 0 Å². The molecule has 13 heteroatoms. The lowest BCUT2D eigenvalue weighted by Gasteiger charge is -2.44. The molecule has 0 spiro atoms. The van der Waals surface area contributed by atoms with E-state index in [0.29, 0.717) is 17.8 Å². The van der Waals surface area contributed by atoms with Crippen LogP contribution >= 0.6 is 0 Å². The van der Waals surface area contributed by atoms with Gasteiger partial charge in [-0.3, -0.25) is 9.69 Å². The van der Waals surface area contributed by atoms with Crippen LogP contribution in [-0.4, -0.2) is 79.2 Å². The lowest BCUT2D eigenvalue weighted by atomic mass is 9.90. The van der Waals surface area contributed by atoms with Crippen LogP contribution in [0.15, 0.2) is 126 Å². The van der Waals surface area contributed by atoms with E-state index < -0.39 is 28.3 Å². The molecule has 0 aliphatic carbocycles. The molecule has 2 saturated heterocycles. The van der Waals surface area contributed by atoms with Gasteiger partial charge in [-0.2, -0.15) is 4.72 Å². The number of nitrogens with one attached hydrogen (secondary N) is 2. The van der Waals surface area contributed by atoms with Crippen molar-refractivity contribution in [3.8, 4) is 0 Å². The van der Waals surface area contributed by atoms with E-state index in [4.69, 9.17) is 9.47 Å². The first kappa shape index (κ1) is 39.2. The topological polar surface area (TPSA) is 146 Å². The second-order valence-corrected chi connectivity index (χ2v) is 16.2. The number of benzene rings is 4. The quantitative estimate of drug-likeness (QED) is 0.142. The summed E-state index contributed by atoms with van der Waals surface area (Å²) in [6.45, 7) is 7.91. The van der Waals surface area contributed by atoms with Crippen molar-refractivity contribution in [2.24, 2.45) is 5.92 Å². The van der Waals surface area contributed by atoms with Crippen LogP contribution in [0.2, 0.25) is 0 Å². The Kier molecular flexibility index (Phi) is 12.5. The van der Waals surface area contributed by atoms with Crippen LogP contribution in [0, 0.1) is 12.8 Å². The molecule has 7 rings (SSSR count). The van der Waals surface area contributed by atoms with Gasteiger partial charge in [-0.25, -0.2) is 18.4 Å². The van der Waals surface area contributed by atoms with Gasteiger partial charge in [-0.1, -0.05) is 91.3 Å². The number of aryl methyl sites for hydroxylation is 1. The molecule has 5 aromatic rings. The van der Waals surface area contributed by atoms with Crippen LogP contribution < -0.4 is 14.9 Å². The Balaban J connectivity index is 1.10. The molecule has 0 saturated carbocycles. The summed E-state index contributed by atoms with van der Waals surface area (Å²) in [4.78, 5) is 27.5. The molecule has 2 aliphatic heterocycles. The van der Waals surface area contributed by atoms with Gasteiger partial charge in [0, 0.05) is 62.3 Å². The van der Waals surface area contributed by atoms with Crippen molar-refractivity contribution >= 4 is 27.6 Å². The van der Waals surface area contributed by atoms with E-state index in [-0.39, 0.29) is 36.0 Å². The predicted molar refractivity (Wildman–Crippen MR) is 214 cm³/mol. The van der Waals surface area contributed by atoms with Gasteiger partial charge in [0.25, 0.3) is 0 Å². The van der Waals surface area contributed by atoms with Crippen LogP contribution in [0.3, 0.4) is 0 Å². The normalized spacial score (nSPS) is 21.0. The number of piperazine rings is 1. The molecule has 2 aliphatic rings. The molecule has 3 heterocycles. The molecule has 0 radical (unpaired) electrons. The molecular formula is C43H48N6O6S. The minimum absolute atomic E-state index is 0.00936. The first-order chi connectivity index (χ1) is 27.1. The van der Waals surface area contributed by atoms with Crippen LogP contribution in [0.5, 0.6) is 0 Å². The number of amides is 1. The summed E-state index contributed by atoms with van der Waals surface area (Å²) in [5.74, 6) is 0.224. The third kappa shape index (κ3) is 9.67. The number of rotatable bonds is 13. The van der Waals surface area contributed by atoms with Crippen molar-refractivity contribution in [1.29, 1.82) is 0 Å². The van der Waals surface area contributed by atoms with Gasteiger partial charge < -0.3 is 24.8 Å². The van der Waals surface area contributed by atoms with Crippen molar-refractivity contribution in [3.05, 3.63) is 149 Å². The van der Waals surface area contributed by atoms with Gasteiger partial charge in [0.2, 0.25) is 21.9 Å². The average Bonchev–Trinajstić information content (AvgIpc) is 3.22. The number of hydrogen-bond donors (Lipinski definition) is 3. The maximum atomic E-state index is 14.0. The second-order valence-electron chi connectivity index (χ2n) is 14.4. The fraction of sp³-hybridized carbons (Fsp3) is 0.326. The SMILES string of the molecule is Cc1ccc(S(=O)(=O)N[C@H](Cc2ccccc2)C(=O)Nc2cccc([C@@H]3O[C@H](CN4CCN(c5ncccn5)CC4)[C@H](C)[C@H](c4ccc(CO)cc4)O3)c2)cc1. The zero-order valence-corrected chi connectivity index (χ0v) is 32.4. The van der Waals surface area contributed by atoms with Gasteiger partial charge in [0.05, 0.1) is 23.7 Å². The molecule has 4 aromatic carbocycles. The Morgan fingerprint density at radius 2 is 1.55 bits per heavy atom. The Hall–Kier alpha value is -5.02. The maximum Gasteiger partial charge on any atom is 0.242 e. The Bertz CT molecular complexity index is 2150. The smallest absolute Gasteiger partial charge is 0.242 e. The van der Waals surface area contributed by atoms with Crippen molar-refractivity contribution in [2.75, 3.05) is 42.9 Å². The molecule has 56 heavy (non-hydrogen) atoms. The number of nitrogens with zero attached hydrogens (tertiary/aromatic N) is 4. The number of carbonyl (C=O) groups is 1. The summed E-state index contributed by atoms with van der Waals surface area (Å²) in [7, 11) is -4.01. The summed E-state index contributed by atoms with van der Waals surface area (Å²) >= 11 is 0. The number of ether oxygens (including phenoxy) is 2. The third-order valence-corrected chi connectivity index (χ3v) is 11.9. The van der Waals surface area contributed by atoms with Crippen LogP contribution in [-0.2, 0) is 37.3 Å². The van der Waals surface area contributed by atoms with Crippen molar-refractivity contribution in [2.45, 2.75) is 56.3 Å².